The number of nitrogens with one attached hydrogen (secondary N) is 1. The van der Waals surface area contributed by atoms with Crippen molar-refractivity contribution in [3.8, 4) is 0 Å². The molecule has 1 aromatic heterocycles. The average Bonchev–Trinajstić information content (AvgIpc) is 2.30. The summed E-state index contributed by atoms with van der Waals surface area (Å²) in [5, 5.41) is 3.80. The Bertz CT molecular complexity index is 604. The van der Waals surface area contributed by atoms with Gasteiger partial charge in [-0.3, -0.25) is 0 Å². The zero-order valence-corrected chi connectivity index (χ0v) is 13.0. The molecule has 18 heavy (non-hydrogen) atoms. The number of halogens is 3. The molecule has 1 aromatic carbocycles. The molecule has 0 spiro atoms. The molecule has 1 heterocycles. The van der Waals surface area contributed by atoms with Gasteiger partial charge in [-0.1, -0.05) is 11.6 Å². The summed E-state index contributed by atoms with van der Waals surface area (Å²) in [7, 11) is 0. The Morgan fingerprint density at radius 2 is 2.00 bits per heavy atom. The SMILES string of the molecule is Cc1nc(Cl)nc(Nc2cc(I)ccc2Cl)c1N. The molecule has 0 fully saturated rings. The van der Waals surface area contributed by atoms with E-state index in [2.05, 4.69) is 37.9 Å². The first kappa shape index (κ1) is 13.6. The molecule has 2 aromatic rings. The van der Waals surface area contributed by atoms with Crippen molar-refractivity contribution in [3.63, 3.8) is 0 Å². The molecule has 94 valence electrons. The van der Waals surface area contributed by atoms with Gasteiger partial charge in [0, 0.05) is 3.57 Å². The number of aromatic nitrogens is 2. The highest BCUT2D eigenvalue weighted by Crippen LogP contribution is 2.30. The summed E-state index contributed by atoms with van der Waals surface area (Å²) < 4.78 is 1.05. The summed E-state index contributed by atoms with van der Waals surface area (Å²) in [6.45, 7) is 1.77. The molecule has 7 heteroatoms. The van der Waals surface area contributed by atoms with Gasteiger partial charge >= 0.3 is 0 Å². The third-order valence-corrected chi connectivity index (χ3v) is 3.46. The molecule has 0 aliphatic carbocycles. The van der Waals surface area contributed by atoms with Crippen LogP contribution < -0.4 is 11.1 Å². The fourth-order valence-electron chi connectivity index (χ4n) is 1.36. The van der Waals surface area contributed by atoms with E-state index in [0.29, 0.717) is 22.2 Å². The van der Waals surface area contributed by atoms with Gasteiger partial charge in [0.25, 0.3) is 0 Å². The molecule has 3 N–H and O–H groups in total. The predicted molar refractivity (Wildman–Crippen MR) is 83.6 cm³/mol. The number of aryl methyl sites for hydroxylation is 1. The molecule has 0 saturated heterocycles. The van der Waals surface area contributed by atoms with Crippen LogP contribution in [-0.2, 0) is 0 Å². The molecule has 0 bridgehead atoms. The Hall–Kier alpha value is -0.790. The van der Waals surface area contributed by atoms with Gasteiger partial charge in [0.1, 0.15) is 0 Å². The van der Waals surface area contributed by atoms with E-state index in [-0.39, 0.29) is 5.28 Å². The van der Waals surface area contributed by atoms with Gasteiger partial charge < -0.3 is 11.1 Å². The molecule has 0 aliphatic heterocycles. The lowest BCUT2D eigenvalue weighted by Gasteiger charge is -2.11. The Kier molecular flexibility index (Phi) is 4.14. The summed E-state index contributed by atoms with van der Waals surface area (Å²) in [4.78, 5) is 8.03. The first-order valence-corrected chi connectivity index (χ1v) is 6.82. The van der Waals surface area contributed by atoms with Gasteiger partial charge in [-0.2, -0.15) is 4.98 Å². The van der Waals surface area contributed by atoms with E-state index in [1.807, 2.05) is 12.1 Å². The van der Waals surface area contributed by atoms with E-state index in [1.54, 1.807) is 13.0 Å². The van der Waals surface area contributed by atoms with Crippen LogP contribution in [0, 0.1) is 10.5 Å². The Labute approximate surface area is 128 Å². The Morgan fingerprint density at radius 3 is 2.72 bits per heavy atom. The molecule has 2 rings (SSSR count). The van der Waals surface area contributed by atoms with E-state index in [4.69, 9.17) is 28.9 Å². The van der Waals surface area contributed by atoms with Gasteiger partial charge in [-0.15, -0.1) is 0 Å². The van der Waals surface area contributed by atoms with Crippen LogP contribution in [0.25, 0.3) is 0 Å². The average molecular weight is 395 g/mol. The maximum absolute atomic E-state index is 6.09. The van der Waals surface area contributed by atoms with Crippen molar-refractivity contribution in [3.05, 3.63) is 37.8 Å². The lowest BCUT2D eigenvalue weighted by molar-refractivity contribution is 1.11. The van der Waals surface area contributed by atoms with Crippen molar-refractivity contribution in [1.29, 1.82) is 0 Å². The minimum atomic E-state index is 0.144. The van der Waals surface area contributed by atoms with E-state index < -0.39 is 0 Å². The number of anilines is 3. The van der Waals surface area contributed by atoms with Gasteiger partial charge in [0.05, 0.1) is 22.1 Å². The molecular weight excluding hydrogens is 386 g/mol. The van der Waals surface area contributed by atoms with Crippen molar-refractivity contribution in [2.45, 2.75) is 6.92 Å². The number of nitrogen functional groups attached to an aromatic ring is 1. The normalized spacial score (nSPS) is 10.4. The van der Waals surface area contributed by atoms with Crippen LogP contribution in [0.1, 0.15) is 5.69 Å². The first-order chi connectivity index (χ1) is 8.47. The van der Waals surface area contributed by atoms with Crippen LogP contribution in [0.5, 0.6) is 0 Å². The molecule has 4 nitrogen and oxygen atoms in total. The standard InChI is InChI=1S/C11H9Cl2IN4/c1-5-9(15)10(18-11(13)16-5)17-8-4-6(14)2-3-7(8)12/h2-4H,15H2,1H3,(H,16,17,18). The number of nitrogens with two attached hydrogens (primary N) is 1. The summed E-state index contributed by atoms with van der Waals surface area (Å²) in [6.07, 6.45) is 0. The number of benzene rings is 1. The van der Waals surface area contributed by atoms with Gasteiger partial charge in [0.2, 0.25) is 5.28 Å². The Balaban J connectivity index is 2.43. The zero-order valence-electron chi connectivity index (χ0n) is 9.34. The lowest BCUT2D eigenvalue weighted by atomic mass is 10.3. The molecule has 0 amide bonds. The van der Waals surface area contributed by atoms with Gasteiger partial charge in [0.15, 0.2) is 5.82 Å². The van der Waals surface area contributed by atoms with Crippen molar-refractivity contribution in [2.24, 2.45) is 0 Å². The lowest BCUT2D eigenvalue weighted by Crippen LogP contribution is -2.04. The molecule has 0 unspecified atom stereocenters. The summed E-state index contributed by atoms with van der Waals surface area (Å²) in [6, 6.07) is 5.61. The predicted octanol–water partition coefficient (Wildman–Crippen LogP) is 4.02. The van der Waals surface area contributed by atoms with Crippen LogP contribution in [-0.4, -0.2) is 9.97 Å². The molecule has 0 saturated carbocycles. The second-order valence-electron chi connectivity index (χ2n) is 3.59. The number of rotatable bonds is 2. The largest absolute Gasteiger partial charge is 0.394 e. The van der Waals surface area contributed by atoms with E-state index in [0.717, 1.165) is 9.26 Å². The van der Waals surface area contributed by atoms with Crippen LogP contribution in [0.4, 0.5) is 17.2 Å². The van der Waals surface area contributed by atoms with Crippen molar-refractivity contribution >= 4 is 63.0 Å². The number of hydrogen-bond donors (Lipinski definition) is 2. The monoisotopic (exact) mass is 394 g/mol. The van der Waals surface area contributed by atoms with E-state index in [9.17, 15) is 0 Å². The minimum Gasteiger partial charge on any atom is -0.394 e. The molecular formula is C11H9Cl2IN4. The highest BCUT2D eigenvalue weighted by atomic mass is 127. The van der Waals surface area contributed by atoms with Crippen molar-refractivity contribution < 1.29 is 0 Å². The maximum Gasteiger partial charge on any atom is 0.224 e. The number of hydrogen-bond acceptors (Lipinski definition) is 4. The minimum absolute atomic E-state index is 0.144. The third kappa shape index (κ3) is 2.96. The van der Waals surface area contributed by atoms with Crippen LogP contribution in [0.3, 0.4) is 0 Å². The van der Waals surface area contributed by atoms with Crippen LogP contribution >= 0.6 is 45.8 Å². The maximum atomic E-state index is 6.09. The zero-order chi connectivity index (χ0) is 13.3. The molecule has 0 aliphatic rings. The Morgan fingerprint density at radius 1 is 1.28 bits per heavy atom. The summed E-state index contributed by atoms with van der Waals surface area (Å²) in [5.41, 5.74) is 7.70. The highest BCUT2D eigenvalue weighted by Gasteiger charge is 2.10. The quantitative estimate of drug-likeness (QED) is 0.596. The summed E-state index contributed by atoms with van der Waals surface area (Å²) >= 11 is 14.1. The van der Waals surface area contributed by atoms with Crippen LogP contribution in [0.2, 0.25) is 10.3 Å². The second kappa shape index (κ2) is 5.46. The third-order valence-electron chi connectivity index (χ3n) is 2.29. The first-order valence-electron chi connectivity index (χ1n) is 4.99. The smallest absolute Gasteiger partial charge is 0.224 e. The highest BCUT2D eigenvalue weighted by molar-refractivity contribution is 14.1. The second-order valence-corrected chi connectivity index (χ2v) is 5.58. The molecule has 0 radical (unpaired) electrons. The van der Waals surface area contributed by atoms with Crippen LogP contribution in [0.15, 0.2) is 18.2 Å². The van der Waals surface area contributed by atoms with Crippen molar-refractivity contribution in [2.75, 3.05) is 11.1 Å². The van der Waals surface area contributed by atoms with Gasteiger partial charge in [-0.25, -0.2) is 4.98 Å². The summed E-state index contributed by atoms with van der Waals surface area (Å²) in [5.74, 6) is 0.455. The molecule has 0 atom stereocenters. The fraction of sp³-hybridized carbons (Fsp3) is 0.0909. The van der Waals surface area contributed by atoms with E-state index >= 15 is 0 Å². The topological polar surface area (TPSA) is 63.8 Å². The fourth-order valence-corrected chi connectivity index (χ4v) is 2.23. The van der Waals surface area contributed by atoms with Gasteiger partial charge in [-0.05, 0) is 59.3 Å². The van der Waals surface area contributed by atoms with E-state index in [1.165, 1.54) is 0 Å². The number of nitrogens with zero attached hydrogens (tertiary/aromatic N) is 2. The van der Waals surface area contributed by atoms with Crippen molar-refractivity contribution in [1.82, 2.24) is 9.97 Å².